The lowest BCUT2D eigenvalue weighted by atomic mass is 10.1. The monoisotopic (exact) mass is 612 g/mol. The van der Waals surface area contributed by atoms with Crippen molar-refractivity contribution in [3.8, 4) is 11.3 Å². The molecule has 0 radical (unpaired) electrons. The van der Waals surface area contributed by atoms with Gasteiger partial charge in [0.05, 0.1) is 9.82 Å². The first-order valence-corrected chi connectivity index (χ1v) is 14.8. The molecule has 0 aliphatic heterocycles. The summed E-state index contributed by atoms with van der Waals surface area (Å²) in [6.45, 7) is -0.334. The van der Waals surface area contributed by atoms with Crippen molar-refractivity contribution in [2.45, 2.75) is 17.4 Å². The lowest BCUT2D eigenvalue weighted by Gasteiger charge is -2.24. The highest BCUT2D eigenvalue weighted by atomic mass is 32.2. The molecule has 0 fully saturated rings. The van der Waals surface area contributed by atoms with E-state index in [0.29, 0.717) is 11.3 Å². The fourth-order valence-corrected chi connectivity index (χ4v) is 6.23. The Balaban J connectivity index is 1.32. The number of carbonyl (C=O) groups is 1. The summed E-state index contributed by atoms with van der Waals surface area (Å²) >= 11 is 0. The molecule has 6 aromatic rings. The molecule has 3 heterocycles. The smallest absolute Gasteiger partial charge is 0.414 e. The fraction of sp³-hybridized carbons (Fsp3) is 0.100. The highest BCUT2D eigenvalue weighted by Gasteiger charge is 2.29. The Morgan fingerprint density at radius 3 is 2.64 bits per heavy atom. The van der Waals surface area contributed by atoms with Gasteiger partial charge in [-0.3, -0.25) is 15.1 Å². The fourth-order valence-electron chi connectivity index (χ4n) is 5.00. The molecule has 13 nitrogen and oxygen atoms in total. The van der Waals surface area contributed by atoms with Crippen LogP contribution in [0.1, 0.15) is 5.56 Å². The molecule has 0 saturated heterocycles. The van der Waals surface area contributed by atoms with E-state index in [1.54, 1.807) is 18.6 Å². The van der Waals surface area contributed by atoms with E-state index >= 15 is 0 Å². The maximum absolute atomic E-state index is 13.4. The Bertz CT molecular complexity index is 2110. The van der Waals surface area contributed by atoms with Crippen molar-refractivity contribution >= 4 is 49.4 Å². The van der Waals surface area contributed by atoms with Crippen LogP contribution in [0.5, 0.6) is 0 Å². The molecule has 1 atom stereocenters. The van der Waals surface area contributed by atoms with Crippen LogP contribution in [0.4, 0.5) is 16.4 Å². The number of hydrogen-bond acceptors (Lipinski definition) is 8. The van der Waals surface area contributed by atoms with Crippen molar-refractivity contribution in [1.29, 1.82) is 0 Å². The number of nitro benzene ring substituents is 1. The van der Waals surface area contributed by atoms with Crippen molar-refractivity contribution in [3.05, 3.63) is 113 Å². The van der Waals surface area contributed by atoms with Gasteiger partial charge in [0.2, 0.25) is 15.9 Å². The Labute approximate surface area is 249 Å². The van der Waals surface area contributed by atoms with Gasteiger partial charge in [-0.1, -0.05) is 35.5 Å². The molecule has 3 aromatic heterocycles. The Kier molecular flexibility index (Phi) is 7.51. The first-order valence-electron chi connectivity index (χ1n) is 13.3. The number of aromatic amines is 1. The quantitative estimate of drug-likeness (QED) is 0.135. The highest BCUT2D eigenvalue weighted by Crippen LogP contribution is 2.28. The lowest BCUT2D eigenvalue weighted by molar-refractivity contribution is -0.384. The minimum Gasteiger partial charge on any atom is -0.465 e. The van der Waals surface area contributed by atoms with Gasteiger partial charge in [-0.15, -0.1) is 0 Å². The third kappa shape index (κ3) is 5.84. The van der Waals surface area contributed by atoms with Gasteiger partial charge >= 0.3 is 6.09 Å². The first-order chi connectivity index (χ1) is 21.2. The van der Waals surface area contributed by atoms with Crippen molar-refractivity contribution in [2.24, 2.45) is 0 Å². The summed E-state index contributed by atoms with van der Waals surface area (Å²) in [7, 11) is -4.22. The molecule has 0 saturated carbocycles. The number of rotatable bonds is 10. The van der Waals surface area contributed by atoms with E-state index in [1.807, 2.05) is 48.5 Å². The predicted octanol–water partition coefficient (Wildman–Crippen LogP) is 5.35. The number of para-hydroxylation sites is 1. The van der Waals surface area contributed by atoms with Crippen LogP contribution in [-0.2, 0) is 16.4 Å². The lowest BCUT2D eigenvalue weighted by Crippen LogP contribution is -2.46. The van der Waals surface area contributed by atoms with Gasteiger partial charge in [-0.2, -0.15) is 0 Å². The maximum Gasteiger partial charge on any atom is 0.414 e. The summed E-state index contributed by atoms with van der Waals surface area (Å²) in [6.07, 6.45) is 3.86. The third-order valence-electron chi connectivity index (χ3n) is 7.15. The van der Waals surface area contributed by atoms with Gasteiger partial charge in [0.25, 0.3) is 5.69 Å². The number of nitrogens with zero attached hydrogens (tertiary/aromatic N) is 4. The number of fused-ring (bicyclic) bond motifs is 2. The number of nitro groups is 1. The van der Waals surface area contributed by atoms with Crippen LogP contribution in [0, 0.1) is 10.1 Å². The van der Waals surface area contributed by atoms with E-state index in [2.05, 4.69) is 19.8 Å². The SMILES string of the molecule is O=C(O)N(C[C@H](Cc1c[nH]c2ccccc12)NS(=O)(=O)c1ccc([N+](=O)[O-])cc1)c1cc(-c2ccc3cnccc3c2)no1. The van der Waals surface area contributed by atoms with Crippen LogP contribution < -0.4 is 9.62 Å². The number of sulfonamides is 1. The summed E-state index contributed by atoms with van der Waals surface area (Å²) in [5.74, 6) is -0.0965. The standard InChI is InChI=1S/C30H24N6O7S/c37-30(38)35(29-15-28(33-43-29)20-5-6-21-16-31-12-11-19(21)13-20)18-23(14-22-17-32-27-4-2-1-3-26(22)27)34-44(41,42)25-9-7-24(8-10-25)36(39)40/h1-13,15-17,23,32,34H,14,18H2,(H,37,38)/t23-/m0/s1. The number of aromatic nitrogens is 3. The number of hydrogen-bond donors (Lipinski definition) is 3. The molecule has 0 aliphatic carbocycles. The second-order valence-corrected chi connectivity index (χ2v) is 11.7. The van der Waals surface area contributed by atoms with Gasteiger partial charge in [0.1, 0.15) is 5.69 Å². The van der Waals surface area contributed by atoms with E-state index in [9.17, 15) is 28.4 Å². The average molecular weight is 613 g/mol. The second-order valence-electron chi connectivity index (χ2n) is 10.0. The summed E-state index contributed by atoms with van der Waals surface area (Å²) in [4.78, 5) is 30.8. The molecule has 3 aromatic carbocycles. The van der Waals surface area contributed by atoms with Crippen molar-refractivity contribution in [1.82, 2.24) is 19.8 Å². The number of anilines is 1. The molecule has 0 spiro atoms. The minimum absolute atomic E-state index is 0.0965. The summed E-state index contributed by atoms with van der Waals surface area (Å²) in [5.41, 5.74) is 2.41. The highest BCUT2D eigenvalue weighted by molar-refractivity contribution is 7.89. The van der Waals surface area contributed by atoms with Gasteiger partial charge in [0.15, 0.2) is 0 Å². The normalized spacial score (nSPS) is 12.4. The molecule has 0 aliphatic rings. The number of carboxylic acid groups (broad SMARTS) is 1. The van der Waals surface area contributed by atoms with Crippen LogP contribution in [-0.4, -0.2) is 52.3 Å². The zero-order chi connectivity index (χ0) is 30.8. The van der Waals surface area contributed by atoms with Crippen LogP contribution in [0.3, 0.4) is 0 Å². The predicted molar refractivity (Wildman–Crippen MR) is 162 cm³/mol. The van der Waals surface area contributed by atoms with E-state index in [1.165, 1.54) is 6.07 Å². The van der Waals surface area contributed by atoms with Crippen LogP contribution >= 0.6 is 0 Å². The summed E-state index contributed by atoms with van der Waals surface area (Å²) < 4.78 is 34.8. The zero-order valence-corrected chi connectivity index (χ0v) is 23.6. The Hall–Kier alpha value is -5.60. The molecule has 44 heavy (non-hydrogen) atoms. The number of benzene rings is 3. The van der Waals surface area contributed by atoms with E-state index in [0.717, 1.165) is 56.4 Å². The molecular weight excluding hydrogens is 588 g/mol. The summed E-state index contributed by atoms with van der Waals surface area (Å²) in [5, 5.41) is 28.0. The Morgan fingerprint density at radius 1 is 1.07 bits per heavy atom. The van der Waals surface area contributed by atoms with Crippen molar-refractivity contribution in [2.75, 3.05) is 11.4 Å². The maximum atomic E-state index is 13.4. The molecule has 3 N–H and O–H groups in total. The number of pyridine rings is 1. The molecule has 0 unspecified atom stereocenters. The largest absolute Gasteiger partial charge is 0.465 e. The van der Waals surface area contributed by atoms with Crippen LogP contribution in [0.2, 0.25) is 0 Å². The van der Waals surface area contributed by atoms with Gasteiger partial charge in [-0.25, -0.2) is 22.8 Å². The van der Waals surface area contributed by atoms with Crippen molar-refractivity contribution in [3.63, 3.8) is 0 Å². The number of non-ortho nitro benzene ring substituents is 1. The van der Waals surface area contributed by atoms with Gasteiger partial charge in [0, 0.05) is 71.2 Å². The molecule has 0 bridgehead atoms. The molecule has 222 valence electrons. The molecule has 1 amide bonds. The third-order valence-corrected chi connectivity index (χ3v) is 8.69. The van der Waals surface area contributed by atoms with Crippen LogP contribution in [0.25, 0.3) is 32.9 Å². The Morgan fingerprint density at radius 2 is 1.86 bits per heavy atom. The molecule has 6 rings (SSSR count). The average Bonchev–Trinajstić information content (AvgIpc) is 3.67. The molecule has 14 heteroatoms. The van der Waals surface area contributed by atoms with Crippen LogP contribution in [0.15, 0.2) is 107 Å². The zero-order valence-electron chi connectivity index (χ0n) is 22.8. The number of nitrogens with one attached hydrogen (secondary N) is 2. The minimum atomic E-state index is -4.22. The second kappa shape index (κ2) is 11.6. The van der Waals surface area contributed by atoms with E-state index in [-0.39, 0.29) is 29.4 Å². The van der Waals surface area contributed by atoms with E-state index in [4.69, 9.17) is 4.52 Å². The molecular formula is C30H24N6O7S. The van der Waals surface area contributed by atoms with E-state index < -0.39 is 27.1 Å². The van der Waals surface area contributed by atoms with Crippen molar-refractivity contribution < 1.29 is 27.8 Å². The first kappa shape index (κ1) is 28.5. The van der Waals surface area contributed by atoms with Gasteiger partial charge in [-0.05, 0) is 47.7 Å². The number of amides is 1. The number of H-pyrrole nitrogens is 1. The topological polar surface area (TPSA) is 185 Å². The van der Waals surface area contributed by atoms with Gasteiger partial charge < -0.3 is 14.6 Å². The summed E-state index contributed by atoms with van der Waals surface area (Å²) in [6, 6.07) is 19.8.